The van der Waals surface area contributed by atoms with Gasteiger partial charge in [-0.15, -0.1) is 0 Å². The topological polar surface area (TPSA) is 99.3 Å². The van der Waals surface area contributed by atoms with Crippen molar-refractivity contribution >= 4 is 38.3 Å². The van der Waals surface area contributed by atoms with Gasteiger partial charge in [-0.2, -0.15) is 0 Å². The summed E-state index contributed by atoms with van der Waals surface area (Å²) in [5, 5.41) is 14.3. The highest BCUT2D eigenvalue weighted by Crippen LogP contribution is 2.32. The minimum Gasteiger partial charge on any atom is -0.497 e. The second-order valence-corrected chi connectivity index (χ2v) is 7.60. The molecule has 9 heteroatoms. The number of anilines is 1. The van der Waals surface area contributed by atoms with Gasteiger partial charge in [0.25, 0.3) is 5.69 Å². The lowest BCUT2D eigenvalue weighted by atomic mass is 10.0. The van der Waals surface area contributed by atoms with Gasteiger partial charge in [0.2, 0.25) is 5.91 Å². The lowest BCUT2D eigenvalue weighted by Crippen LogP contribution is -2.19. The number of rotatable bonds is 7. The molecule has 0 spiro atoms. The number of aromatic nitrogens is 2. The molecule has 0 saturated heterocycles. The van der Waals surface area contributed by atoms with Crippen LogP contribution in [0.4, 0.5) is 10.8 Å². The van der Waals surface area contributed by atoms with Gasteiger partial charge < -0.3 is 14.6 Å². The first-order valence-corrected chi connectivity index (χ1v) is 9.97. The van der Waals surface area contributed by atoms with Gasteiger partial charge in [-0.05, 0) is 35.9 Å². The Labute approximate surface area is 175 Å². The minimum atomic E-state index is -0.473. The van der Waals surface area contributed by atoms with Crippen molar-refractivity contribution < 1.29 is 14.5 Å². The summed E-state index contributed by atoms with van der Waals surface area (Å²) in [6.07, 6.45) is 3.99. The summed E-state index contributed by atoms with van der Waals surface area (Å²) in [7, 11) is 1.61. The molecule has 0 bridgehead atoms. The van der Waals surface area contributed by atoms with E-state index in [0.29, 0.717) is 9.83 Å². The number of benzene rings is 2. The van der Waals surface area contributed by atoms with Gasteiger partial charge in [0, 0.05) is 18.5 Å². The summed E-state index contributed by atoms with van der Waals surface area (Å²) in [5.41, 5.74) is 1.16. The molecule has 0 fully saturated rings. The number of non-ortho nitro benzene ring substituents is 1. The Kier molecular flexibility index (Phi) is 5.44. The molecule has 0 aliphatic heterocycles. The highest BCUT2D eigenvalue weighted by atomic mass is 32.1. The number of ether oxygens (including phenoxy) is 1. The molecule has 30 heavy (non-hydrogen) atoms. The van der Waals surface area contributed by atoms with Crippen molar-refractivity contribution in [3.05, 3.63) is 82.7 Å². The Balaban J connectivity index is 1.56. The lowest BCUT2D eigenvalue weighted by Gasteiger charge is -2.19. The van der Waals surface area contributed by atoms with Crippen molar-refractivity contribution in [3.63, 3.8) is 0 Å². The number of carbonyl (C=O) groups is 1. The number of methoxy groups -OCH3 is 1. The maximum atomic E-state index is 12.8. The van der Waals surface area contributed by atoms with E-state index in [9.17, 15) is 14.9 Å². The highest BCUT2D eigenvalue weighted by Gasteiger charge is 2.20. The van der Waals surface area contributed by atoms with Crippen LogP contribution in [0.5, 0.6) is 5.75 Å². The first-order valence-electron chi connectivity index (χ1n) is 9.15. The van der Waals surface area contributed by atoms with Gasteiger partial charge in [0.1, 0.15) is 5.75 Å². The monoisotopic (exact) mass is 422 g/mol. The maximum absolute atomic E-state index is 12.8. The molecular weight excluding hydrogens is 404 g/mol. The summed E-state index contributed by atoms with van der Waals surface area (Å²) in [5.74, 6) is 0.511. The van der Waals surface area contributed by atoms with Crippen LogP contribution in [-0.2, 0) is 4.79 Å². The quantitative estimate of drug-likeness (QED) is 0.346. The van der Waals surface area contributed by atoms with E-state index >= 15 is 0 Å². The van der Waals surface area contributed by atoms with Crippen LogP contribution in [-0.4, -0.2) is 27.5 Å². The van der Waals surface area contributed by atoms with Gasteiger partial charge in [0.15, 0.2) is 10.6 Å². The molecule has 1 unspecified atom stereocenters. The molecule has 2 aromatic heterocycles. The molecule has 1 atom stereocenters. The molecular formula is C21H18N4O4S. The van der Waals surface area contributed by atoms with Crippen molar-refractivity contribution in [3.8, 4) is 5.75 Å². The average molecular weight is 422 g/mol. The number of para-hydroxylation sites is 1. The van der Waals surface area contributed by atoms with E-state index in [1.165, 1.54) is 17.4 Å². The van der Waals surface area contributed by atoms with Gasteiger partial charge >= 0.3 is 0 Å². The van der Waals surface area contributed by atoms with Crippen LogP contribution in [0.3, 0.4) is 0 Å². The normalized spacial score (nSPS) is 11.9. The van der Waals surface area contributed by atoms with E-state index < -0.39 is 4.92 Å². The molecule has 1 amide bonds. The predicted molar refractivity (Wildman–Crippen MR) is 115 cm³/mol. The fourth-order valence-corrected chi connectivity index (χ4v) is 4.16. The van der Waals surface area contributed by atoms with Gasteiger partial charge in [-0.3, -0.25) is 14.9 Å². The van der Waals surface area contributed by atoms with E-state index in [4.69, 9.17) is 4.74 Å². The van der Waals surface area contributed by atoms with E-state index in [0.717, 1.165) is 11.3 Å². The minimum absolute atomic E-state index is 0.0762. The molecule has 0 radical (unpaired) electrons. The van der Waals surface area contributed by atoms with E-state index in [1.54, 1.807) is 19.2 Å². The number of nitrogens with zero attached hydrogens (tertiary/aromatic N) is 3. The fraction of sp³-hybridized carbons (Fsp3) is 0.143. The second kappa shape index (κ2) is 8.34. The van der Waals surface area contributed by atoms with Crippen LogP contribution < -0.4 is 10.1 Å². The summed E-state index contributed by atoms with van der Waals surface area (Å²) in [4.78, 5) is 27.8. The number of hydrogen-bond donors (Lipinski definition) is 1. The Morgan fingerprint density at radius 3 is 2.60 bits per heavy atom. The van der Waals surface area contributed by atoms with Crippen LogP contribution in [0.1, 0.15) is 18.0 Å². The molecule has 4 rings (SSSR count). The van der Waals surface area contributed by atoms with E-state index in [1.807, 2.05) is 53.4 Å². The number of fused-ring (bicyclic) bond motifs is 1. The number of nitro benzene ring substituents is 1. The zero-order chi connectivity index (χ0) is 21.1. The molecule has 4 aromatic rings. The van der Waals surface area contributed by atoms with Crippen LogP contribution in [0.15, 0.2) is 67.0 Å². The number of thiazole rings is 1. The first kappa shape index (κ1) is 19.6. The Hall–Kier alpha value is -3.72. The van der Waals surface area contributed by atoms with Crippen LogP contribution in [0.25, 0.3) is 10.2 Å². The smallest absolute Gasteiger partial charge is 0.296 e. The molecule has 8 nitrogen and oxygen atoms in total. The number of nitrogens with one attached hydrogen (secondary N) is 1. The van der Waals surface area contributed by atoms with Crippen molar-refractivity contribution in [2.75, 3.05) is 12.4 Å². The Morgan fingerprint density at radius 1 is 1.20 bits per heavy atom. The Morgan fingerprint density at radius 2 is 1.93 bits per heavy atom. The molecule has 0 aliphatic carbocycles. The van der Waals surface area contributed by atoms with Crippen molar-refractivity contribution in [1.29, 1.82) is 0 Å². The number of carbonyl (C=O) groups excluding carboxylic acids is 1. The summed E-state index contributed by atoms with van der Waals surface area (Å²) in [6.45, 7) is 0. The highest BCUT2D eigenvalue weighted by molar-refractivity contribution is 7.22. The van der Waals surface area contributed by atoms with Crippen molar-refractivity contribution in [2.24, 2.45) is 0 Å². The van der Waals surface area contributed by atoms with Crippen molar-refractivity contribution in [2.45, 2.75) is 12.5 Å². The summed E-state index contributed by atoms with van der Waals surface area (Å²) in [6, 6.07) is 15.9. The summed E-state index contributed by atoms with van der Waals surface area (Å²) >= 11 is 1.21. The zero-order valence-corrected chi connectivity index (χ0v) is 16.8. The van der Waals surface area contributed by atoms with Crippen LogP contribution in [0, 0.1) is 10.1 Å². The van der Waals surface area contributed by atoms with E-state index in [2.05, 4.69) is 10.3 Å². The number of nitro groups is 1. The average Bonchev–Trinajstić information content (AvgIpc) is 3.41. The number of hydrogen-bond acceptors (Lipinski definition) is 6. The largest absolute Gasteiger partial charge is 0.497 e. The first-order chi connectivity index (χ1) is 14.5. The SMILES string of the molecule is COc1ccc(C(CC(=O)Nc2nc3c([N+](=O)[O-])cccc3s2)n2cccc2)cc1. The fourth-order valence-electron chi connectivity index (χ4n) is 3.26. The third-order valence-electron chi connectivity index (χ3n) is 4.71. The van der Waals surface area contributed by atoms with Crippen LogP contribution >= 0.6 is 11.3 Å². The predicted octanol–water partition coefficient (Wildman–Crippen LogP) is 4.63. The van der Waals surface area contributed by atoms with E-state index in [-0.39, 0.29) is 29.6 Å². The standard InChI is InChI=1S/C21H18N4O4S/c1-29-15-9-7-14(8-10-15)17(24-11-2-3-12-24)13-19(26)22-21-23-20-16(25(27)28)5-4-6-18(20)30-21/h2-12,17H,13H2,1H3,(H,22,23,26). The van der Waals surface area contributed by atoms with Gasteiger partial charge in [-0.25, -0.2) is 4.98 Å². The molecule has 152 valence electrons. The molecule has 2 heterocycles. The van der Waals surface area contributed by atoms with Gasteiger partial charge in [-0.1, -0.05) is 29.5 Å². The Bertz CT molecular complexity index is 1190. The lowest BCUT2D eigenvalue weighted by molar-refractivity contribution is -0.383. The summed E-state index contributed by atoms with van der Waals surface area (Å²) < 4.78 is 7.83. The third-order valence-corrected chi connectivity index (χ3v) is 5.64. The number of amides is 1. The molecule has 1 N–H and O–H groups in total. The zero-order valence-electron chi connectivity index (χ0n) is 16.0. The maximum Gasteiger partial charge on any atom is 0.296 e. The van der Waals surface area contributed by atoms with Gasteiger partial charge in [0.05, 0.1) is 29.2 Å². The third kappa shape index (κ3) is 4.01. The second-order valence-electron chi connectivity index (χ2n) is 6.57. The molecule has 2 aromatic carbocycles. The van der Waals surface area contributed by atoms with Crippen LogP contribution in [0.2, 0.25) is 0 Å². The molecule has 0 saturated carbocycles. The molecule has 0 aliphatic rings. The van der Waals surface area contributed by atoms with Crippen molar-refractivity contribution in [1.82, 2.24) is 9.55 Å².